The van der Waals surface area contributed by atoms with Gasteiger partial charge in [0.25, 0.3) is 0 Å². The first-order valence-corrected chi connectivity index (χ1v) is 8.45. The molecule has 1 atom stereocenters. The SMILES string of the molecule is C=C(/C=C\C=C/C)C(c1cnc[nH]1)c1cc2ncccc2cc1CC#N. The molecule has 0 aliphatic carbocycles. The van der Waals surface area contributed by atoms with E-state index in [9.17, 15) is 5.26 Å². The number of imidazole rings is 1. The first kappa shape index (κ1) is 17.4. The molecule has 0 saturated carbocycles. The highest BCUT2D eigenvalue weighted by molar-refractivity contribution is 5.81. The summed E-state index contributed by atoms with van der Waals surface area (Å²) in [6, 6.07) is 10.3. The largest absolute Gasteiger partial charge is 0.348 e. The lowest BCUT2D eigenvalue weighted by Gasteiger charge is -2.20. The molecular formula is C22H20N4. The number of benzene rings is 1. The topological polar surface area (TPSA) is 65.4 Å². The third-order valence-electron chi connectivity index (χ3n) is 4.26. The summed E-state index contributed by atoms with van der Waals surface area (Å²) in [7, 11) is 0. The van der Waals surface area contributed by atoms with Gasteiger partial charge in [-0.15, -0.1) is 0 Å². The van der Waals surface area contributed by atoms with Crippen LogP contribution in [0, 0.1) is 11.3 Å². The van der Waals surface area contributed by atoms with Gasteiger partial charge in [-0.1, -0.05) is 36.9 Å². The normalized spacial score (nSPS) is 12.6. The molecule has 2 heterocycles. The summed E-state index contributed by atoms with van der Waals surface area (Å²) in [5.74, 6) is -0.117. The smallest absolute Gasteiger partial charge is 0.0922 e. The Balaban J connectivity index is 2.18. The molecule has 2 aromatic heterocycles. The van der Waals surface area contributed by atoms with Crippen molar-refractivity contribution in [3.63, 3.8) is 0 Å². The Morgan fingerprint density at radius 1 is 1.38 bits per heavy atom. The molecule has 0 bridgehead atoms. The number of nitriles is 1. The Hall–Kier alpha value is -3.45. The molecule has 0 fully saturated rings. The first-order chi connectivity index (χ1) is 12.7. The van der Waals surface area contributed by atoms with Crippen LogP contribution in [0.1, 0.15) is 29.7 Å². The molecule has 4 heteroatoms. The molecule has 0 spiro atoms. The van der Waals surface area contributed by atoms with Gasteiger partial charge < -0.3 is 4.98 Å². The number of nitrogens with zero attached hydrogens (tertiary/aromatic N) is 3. The van der Waals surface area contributed by atoms with E-state index in [1.54, 1.807) is 18.7 Å². The second-order valence-corrected chi connectivity index (χ2v) is 5.98. The summed E-state index contributed by atoms with van der Waals surface area (Å²) in [5.41, 5.74) is 4.76. The van der Waals surface area contributed by atoms with Gasteiger partial charge in [-0.05, 0) is 41.8 Å². The molecule has 3 aromatic rings. The van der Waals surface area contributed by atoms with E-state index in [1.807, 2.05) is 49.4 Å². The fourth-order valence-electron chi connectivity index (χ4n) is 3.07. The van der Waals surface area contributed by atoms with E-state index in [-0.39, 0.29) is 5.92 Å². The van der Waals surface area contributed by atoms with E-state index < -0.39 is 0 Å². The Kier molecular flexibility index (Phi) is 5.40. The summed E-state index contributed by atoms with van der Waals surface area (Å²) in [6.45, 7) is 6.24. The van der Waals surface area contributed by atoms with E-state index in [1.165, 1.54) is 0 Å². The van der Waals surface area contributed by atoms with Crippen LogP contribution in [-0.2, 0) is 6.42 Å². The van der Waals surface area contributed by atoms with Gasteiger partial charge in [0.15, 0.2) is 0 Å². The van der Waals surface area contributed by atoms with Crippen LogP contribution in [0.25, 0.3) is 10.9 Å². The van der Waals surface area contributed by atoms with Gasteiger partial charge in [-0.2, -0.15) is 5.26 Å². The Labute approximate surface area is 153 Å². The van der Waals surface area contributed by atoms with Gasteiger partial charge in [0.1, 0.15) is 0 Å². The van der Waals surface area contributed by atoms with Crippen molar-refractivity contribution in [2.24, 2.45) is 0 Å². The highest BCUT2D eigenvalue weighted by Gasteiger charge is 2.21. The van der Waals surface area contributed by atoms with Crippen LogP contribution in [0.5, 0.6) is 0 Å². The maximum Gasteiger partial charge on any atom is 0.0922 e. The van der Waals surface area contributed by atoms with Crippen molar-refractivity contribution in [3.8, 4) is 6.07 Å². The summed E-state index contributed by atoms with van der Waals surface area (Å²) >= 11 is 0. The zero-order valence-electron chi connectivity index (χ0n) is 14.7. The van der Waals surface area contributed by atoms with Crippen molar-refractivity contribution in [3.05, 3.63) is 96.3 Å². The Bertz CT molecular complexity index is 1000. The van der Waals surface area contributed by atoms with Gasteiger partial charge in [0.2, 0.25) is 0 Å². The minimum absolute atomic E-state index is 0.117. The second-order valence-electron chi connectivity index (χ2n) is 5.98. The van der Waals surface area contributed by atoms with Crippen LogP contribution < -0.4 is 0 Å². The van der Waals surface area contributed by atoms with Crippen molar-refractivity contribution in [1.29, 1.82) is 5.26 Å². The number of hydrogen-bond donors (Lipinski definition) is 1. The highest BCUT2D eigenvalue weighted by Crippen LogP contribution is 2.35. The molecule has 0 aliphatic heterocycles. The first-order valence-electron chi connectivity index (χ1n) is 8.45. The molecule has 3 rings (SSSR count). The predicted octanol–water partition coefficient (Wildman–Crippen LogP) is 4.84. The molecule has 0 amide bonds. The maximum absolute atomic E-state index is 9.31. The van der Waals surface area contributed by atoms with Crippen LogP contribution in [0.3, 0.4) is 0 Å². The second kappa shape index (κ2) is 8.09. The number of aromatic amines is 1. The van der Waals surface area contributed by atoms with Gasteiger partial charge in [0.05, 0.1) is 30.3 Å². The Morgan fingerprint density at radius 2 is 2.27 bits per heavy atom. The minimum atomic E-state index is -0.117. The number of nitrogens with one attached hydrogen (secondary N) is 1. The fourth-order valence-corrected chi connectivity index (χ4v) is 3.07. The van der Waals surface area contributed by atoms with Crippen LogP contribution >= 0.6 is 0 Å². The van der Waals surface area contributed by atoms with E-state index in [2.05, 4.69) is 33.7 Å². The van der Waals surface area contributed by atoms with Crippen molar-refractivity contribution >= 4 is 10.9 Å². The van der Waals surface area contributed by atoms with Gasteiger partial charge in [-0.25, -0.2) is 4.98 Å². The minimum Gasteiger partial charge on any atom is -0.348 e. The molecular weight excluding hydrogens is 320 g/mol. The van der Waals surface area contributed by atoms with Gasteiger partial charge >= 0.3 is 0 Å². The summed E-state index contributed by atoms with van der Waals surface area (Å²) in [6.07, 6.45) is 13.5. The number of fused-ring (bicyclic) bond motifs is 1. The lowest BCUT2D eigenvalue weighted by Crippen LogP contribution is -2.07. The highest BCUT2D eigenvalue weighted by atomic mass is 14.9. The Morgan fingerprint density at radius 3 is 3.00 bits per heavy atom. The van der Waals surface area contributed by atoms with Crippen LogP contribution in [0.15, 0.2) is 79.4 Å². The summed E-state index contributed by atoms with van der Waals surface area (Å²) in [4.78, 5) is 11.8. The lowest BCUT2D eigenvalue weighted by atomic mass is 9.84. The number of aromatic nitrogens is 3. The lowest BCUT2D eigenvalue weighted by molar-refractivity contribution is 0.919. The molecule has 128 valence electrons. The molecule has 0 radical (unpaired) electrons. The van der Waals surface area contributed by atoms with E-state index >= 15 is 0 Å². The van der Waals surface area contributed by atoms with Crippen molar-refractivity contribution in [1.82, 2.24) is 15.0 Å². The van der Waals surface area contributed by atoms with E-state index in [0.29, 0.717) is 6.42 Å². The zero-order valence-corrected chi connectivity index (χ0v) is 14.7. The summed E-state index contributed by atoms with van der Waals surface area (Å²) < 4.78 is 0. The molecule has 1 aromatic carbocycles. The van der Waals surface area contributed by atoms with Gasteiger partial charge in [0, 0.05) is 23.5 Å². The van der Waals surface area contributed by atoms with Crippen molar-refractivity contribution in [2.75, 3.05) is 0 Å². The average Bonchev–Trinajstić information content (AvgIpc) is 3.17. The van der Waals surface area contributed by atoms with Crippen LogP contribution in [0.4, 0.5) is 0 Å². The quantitative estimate of drug-likeness (QED) is 0.653. The standard InChI is InChI=1S/C22H20N4/c1-3-4-5-7-16(2)22(21-14-24-15-26-21)19-13-20-18(8-6-11-25-20)12-17(19)9-10-23/h3-8,11-15,22H,2,9H2,1H3,(H,24,26)/b4-3-,7-5-. The molecule has 0 aliphatic rings. The molecule has 1 unspecified atom stereocenters. The number of hydrogen-bond acceptors (Lipinski definition) is 3. The van der Waals surface area contributed by atoms with Crippen LogP contribution in [0.2, 0.25) is 0 Å². The van der Waals surface area contributed by atoms with E-state index in [4.69, 9.17) is 0 Å². The monoisotopic (exact) mass is 340 g/mol. The van der Waals surface area contributed by atoms with E-state index in [0.717, 1.165) is 33.3 Å². The average molecular weight is 340 g/mol. The number of pyridine rings is 1. The number of rotatable bonds is 6. The van der Waals surface area contributed by atoms with Crippen molar-refractivity contribution < 1.29 is 0 Å². The van der Waals surface area contributed by atoms with Crippen LogP contribution in [-0.4, -0.2) is 15.0 Å². The molecule has 0 saturated heterocycles. The number of allylic oxidation sites excluding steroid dienone is 5. The molecule has 1 N–H and O–H groups in total. The number of H-pyrrole nitrogens is 1. The van der Waals surface area contributed by atoms with Gasteiger partial charge in [-0.3, -0.25) is 4.98 Å². The summed E-state index contributed by atoms with van der Waals surface area (Å²) in [5, 5.41) is 10.3. The molecule has 4 nitrogen and oxygen atoms in total. The third-order valence-corrected chi connectivity index (χ3v) is 4.26. The third kappa shape index (κ3) is 3.62. The zero-order chi connectivity index (χ0) is 18.4. The predicted molar refractivity (Wildman–Crippen MR) is 105 cm³/mol. The van der Waals surface area contributed by atoms with Crippen molar-refractivity contribution in [2.45, 2.75) is 19.3 Å². The maximum atomic E-state index is 9.31. The fraction of sp³-hybridized carbons (Fsp3) is 0.136. The molecule has 26 heavy (non-hydrogen) atoms.